The molecule has 0 spiro atoms. The summed E-state index contributed by atoms with van der Waals surface area (Å²) >= 11 is 0. The zero-order chi connectivity index (χ0) is 24.0. The van der Waals surface area contributed by atoms with Crippen molar-refractivity contribution in [1.82, 2.24) is 15.6 Å². The number of fused-ring (bicyclic) bond motifs is 1. The highest BCUT2D eigenvalue weighted by Crippen LogP contribution is 2.26. The molecule has 2 aromatic rings. The Morgan fingerprint density at radius 2 is 2.09 bits per heavy atom. The average Bonchev–Trinajstić information content (AvgIpc) is 3.24. The van der Waals surface area contributed by atoms with E-state index in [1.807, 2.05) is 32.0 Å². The van der Waals surface area contributed by atoms with Crippen LogP contribution in [0.25, 0.3) is 10.9 Å². The van der Waals surface area contributed by atoms with E-state index in [1.165, 1.54) is 6.21 Å². The van der Waals surface area contributed by atoms with Gasteiger partial charge in [0, 0.05) is 17.1 Å². The summed E-state index contributed by atoms with van der Waals surface area (Å²) in [5.74, 6) is -1.10. The summed E-state index contributed by atoms with van der Waals surface area (Å²) < 4.78 is 5.33. The van der Waals surface area contributed by atoms with Gasteiger partial charge in [0.05, 0.1) is 19.1 Å². The van der Waals surface area contributed by atoms with E-state index in [4.69, 9.17) is 4.74 Å². The number of aromatic nitrogens is 1. The van der Waals surface area contributed by atoms with E-state index in [9.17, 15) is 19.6 Å². The van der Waals surface area contributed by atoms with Crippen LogP contribution in [0.5, 0.6) is 5.75 Å². The molecule has 1 aromatic heterocycles. The van der Waals surface area contributed by atoms with E-state index in [2.05, 4.69) is 20.6 Å². The average molecular weight is 450 g/mol. The molecule has 1 aromatic carbocycles. The summed E-state index contributed by atoms with van der Waals surface area (Å²) in [4.78, 5) is 44.5. The lowest BCUT2D eigenvalue weighted by atomic mass is 9.97. The van der Waals surface area contributed by atoms with Gasteiger partial charge in [-0.2, -0.15) is 5.26 Å². The summed E-state index contributed by atoms with van der Waals surface area (Å²) in [7, 11) is 1.55. The highest BCUT2D eigenvalue weighted by Gasteiger charge is 2.28. The van der Waals surface area contributed by atoms with Crippen LogP contribution in [-0.4, -0.2) is 48.1 Å². The summed E-state index contributed by atoms with van der Waals surface area (Å²) in [6, 6.07) is 7.39. The molecule has 3 amide bonds. The third kappa shape index (κ3) is 5.86. The minimum atomic E-state index is -0.895. The molecule has 1 aliphatic heterocycles. The second kappa shape index (κ2) is 10.6. The van der Waals surface area contributed by atoms with Gasteiger partial charge in [0.2, 0.25) is 5.91 Å². The lowest BCUT2D eigenvalue weighted by molar-refractivity contribution is -0.124. The van der Waals surface area contributed by atoms with Crippen LogP contribution in [0.15, 0.2) is 41.4 Å². The number of ether oxygens (including phenoxy) is 1. The molecule has 0 saturated heterocycles. The molecular weight excluding hydrogens is 422 g/mol. The number of rotatable bonds is 9. The highest BCUT2D eigenvalue weighted by molar-refractivity contribution is 6.01. The molecule has 9 heteroatoms. The Labute approximate surface area is 191 Å². The van der Waals surface area contributed by atoms with Crippen LogP contribution in [0.3, 0.4) is 0 Å². The van der Waals surface area contributed by atoms with E-state index in [-0.39, 0.29) is 18.2 Å². The van der Waals surface area contributed by atoms with Crippen molar-refractivity contribution >= 4 is 34.8 Å². The van der Waals surface area contributed by atoms with Gasteiger partial charge in [0.1, 0.15) is 23.5 Å². The number of hydrogen-bond acceptors (Lipinski definition) is 5. The number of carbonyl (C=O) groups excluding carboxylic acids is 3. The van der Waals surface area contributed by atoms with Crippen LogP contribution in [0.4, 0.5) is 0 Å². The second-order valence-electron chi connectivity index (χ2n) is 8.29. The number of aliphatic imine (C=N–C) groups is 1. The molecule has 0 fully saturated rings. The quantitative estimate of drug-likeness (QED) is 0.540. The van der Waals surface area contributed by atoms with Gasteiger partial charge < -0.3 is 20.4 Å². The SMILES string of the molecule is COc1cccc2[nH]c(C(=O)N[C@@H](CC(C)C)C(=O)N[C@H](C#N)CC3C=CC=NC3=O)cc12. The third-order valence-electron chi connectivity index (χ3n) is 5.33. The van der Waals surface area contributed by atoms with Crippen molar-refractivity contribution in [3.63, 3.8) is 0 Å². The lowest BCUT2D eigenvalue weighted by Gasteiger charge is -2.22. The number of allylic oxidation sites excluding steroid dienone is 1. The topological polar surface area (TPSA) is 136 Å². The first-order chi connectivity index (χ1) is 15.8. The van der Waals surface area contributed by atoms with Gasteiger partial charge in [0.15, 0.2) is 0 Å². The van der Waals surface area contributed by atoms with Gasteiger partial charge in [-0.15, -0.1) is 0 Å². The number of methoxy groups -OCH3 is 1. The van der Waals surface area contributed by atoms with Crippen LogP contribution in [-0.2, 0) is 9.59 Å². The molecule has 1 aliphatic rings. The maximum absolute atomic E-state index is 13.0. The zero-order valence-corrected chi connectivity index (χ0v) is 18.8. The number of H-pyrrole nitrogens is 1. The molecule has 3 atom stereocenters. The van der Waals surface area contributed by atoms with Gasteiger partial charge in [-0.1, -0.05) is 26.0 Å². The molecule has 0 bridgehead atoms. The number of nitrogens with zero attached hydrogens (tertiary/aromatic N) is 2. The number of dihydropyridines is 1. The monoisotopic (exact) mass is 449 g/mol. The molecule has 1 unspecified atom stereocenters. The lowest BCUT2D eigenvalue weighted by Crippen LogP contribution is -2.50. The fraction of sp³-hybridized carbons (Fsp3) is 0.375. The Kier molecular flexibility index (Phi) is 7.61. The summed E-state index contributed by atoms with van der Waals surface area (Å²) in [6.45, 7) is 3.87. The van der Waals surface area contributed by atoms with E-state index >= 15 is 0 Å². The number of nitriles is 1. The smallest absolute Gasteiger partial charge is 0.268 e. The number of nitrogens with one attached hydrogen (secondary N) is 3. The fourth-order valence-corrected chi connectivity index (χ4v) is 3.69. The molecule has 0 aliphatic carbocycles. The second-order valence-corrected chi connectivity index (χ2v) is 8.29. The Hall–Kier alpha value is -3.93. The first-order valence-electron chi connectivity index (χ1n) is 10.7. The molecule has 0 saturated carbocycles. The van der Waals surface area contributed by atoms with E-state index in [0.29, 0.717) is 17.9 Å². The van der Waals surface area contributed by atoms with Crippen molar-refractivity contribution in [3.8, 4) is 11.8 Å². The number of aromatic amines is 1. The van der Waals surface area contributed by atoms with Gasteiger partial charge in [-0.3, -0.25) is 14.4 Å². The van der Waals surface area contributed by atoms with Crippen LogP contribution in [0, 0.1) is 23.2 Å². The first-order valence-corrected chi connectivity index (χ1v) is 10.7. The van der Waals surface area contributed by atoms with Crippen LogP contribution in [0.2, 0.25) is 0 Å². The summed E-state index contributed by atoms with van der Waals surface area (Å²) in [5.41, 5.74) is 1.03. The standard InChI is InChI=1S/C24H27N5O4/c1-14(2)10-19(23(31)27-16(13-25)11-15-6-5-9-26-22(15)30)29-24(32)20-12-17-18(28-20)7-4-8-21(17)33-3/h4-9,12,14-16,19,28H,10-11H2,1-3H3,(H,27,31)(H,29,32)/t15?,16-,19-/m0/s1. The normalized spacial score (nSPS) is 16.9. The molecule has 3 N–H and O–H groups in total. The minimum Gasteiger partial charge on any atom is -0.496 e. The van der Waals surface area contributed by atoms with E-state index < -0.39 is 29.8 Å². The number of carbonyl (C=O) groups is 3. The number of hydrogen-bond donors (Lipinski definition) is 3. The van der Waals surface area contributed by atoms with Crippen molar-refractivity contribution in [2.45, 2.75) is 38.8 Å². The molecule has 172 valence electrons. The van der Waals surface area contributed by atoms with E-state index in [0.717, 1.165) is 10.9 Å². The molecule has 33 heavy (non-hydrogen) atoms. The Balaban J connectivity index is 1.72. The van der Waals surface area contributed by atoms with Crippen LogP contribution < -0.4 is 15.4 Å². The van der Waals surface area contributed by atoms with Crippen LogP contribution >= 0.6 is 0 Å². The molecule has 2 heterocycles. The molecule has 0 radical (unpaired) electrons. The first kappa shape index (κ1) is 23.7. The number of amides is 3. The fourth-order valence-electron chi connectivity index (χ4n) is 3.69. The van der Waals surface area contributed by atoms with Crippen molar-refractivity contribution in [2.24, 2.45) is 16.8 Å². The van der Waals surface area contributed by atoms with Crippen molar-refractivity contribution in [3.05, 3.63) is 42.1 Å². The summed E-state index contributed by atoms with van der Waals surface area (Å²) in [5, 5.41) is 15.7. The van der Waals surface area contributed by atoms with Gasteiger partial charge in [0.25, 0.3) is 11.8 Å². The highest BCUT2D eigenvalue weighted by atomic mass is 16.5. The van der Waals surface area contributed by atoms with Crippen molar-refractivity contribution in [2.75, 3.05) is 7.11 Å². The summed E-state index contributed by atoms with van der Waals surface area (Å²) in [6.07, 6.45) is 5.18. The van der Waals surface area contributed by atoms with E-state index in [1.54, 1.807) is 31.4 Å². The largest absolute Gasteiger partial charge is 0.496 e. The Morgan fingerprint density at radius 1 is 1.30 bits per heavy atom. The van der Waals surface area contributed by atoms with Crippen molar-refractivity contribution < 1.29 is 19.1 Å². The third-order valence-corrected chi connectivity index (χ3v) is 5.33. The predicted octanol–water partition coefficient (Wildman–Crippen LogP) is 2.50. The van der Waals surface area contributed by atoms with Crippen LogP contribution in [0.1, 0.15) is 37.2 Å². The Bertz CT molecular complexity index is 1140. The Morgan fingerprint density at radius 3 is 2.76 bits per heavy atom. The predicted molar refractivity (Wildman–Crippen MR) is 124 cm³/mol. The molecular formula is C24H27N5O4. The molecule has 3 rings (SSSR count). The van der Waals surface area contributed by atoms with Crippen molar-refractivity contribution in [1.29, 1.82) is 5.26 Å². The van der Waals surface area contributed by atoms with Gasteiger partial charge in [-0.05, 0) is 43.0 Å². The zero-order valence-electron chi connectivity index (χ0n) is 18.8. The maximum atomic E-state index is 13.0. The molecule has 9 nitrogen and oxygen atoms in total. The van der Waals surface area contributed by atoms with Gasteiger partial charge in [-0.25, -0.2) is 4.99 Å². The number of benzene rings is 1. The minimum absolute atomic E-state index is 0.110. The van der Waals surface area contributed by atoms with Gasteiger partial charge >= 0.3 is 0 Å². The maximum Gasteiger partial charge on any atom is 0.268 e.